The number of hydrogen-bond donors (Lipinski definition) is 2. The van der Waals surface area contributed by atoms with Crippen LogP contribution in [0.3, 0.4) is 0 Å². The van der Waals surface area contributed by atoms with Crippen LogP contribution in [0.5, 0.6) is 0 Å². The summed E-state index contributed by atoms with van der Waals surface area (Å²) in [4.78, 5) is 7.08. The molecule has 16 heavy (non-hydrogen) atoms. The minimum Gasteiger partial charge on any atom is -0.349 e. The molecule has 94 valence electrons. The molecule has 0 fully saturated rings. The van der Waals surface area contributed by atoms with Gasteiger partial charge in [0, 0.05) is 18.8 Å². The summed E-state index contributed by atoms with van der Waals surface area (Å²) >= 11 is 0. The molecule has 1 rings (SSSR count). The molecular formula is C7H11F3N2O3S. The van der Waals surface area contributed by atoms with Gasteiger partial charge >= 0.3 is 15.6 Å². The van der Waals surface area contributed by atoms with Crippen LogP contribution in [0.15, 0.2) is 12.4 Å². The molecule has 0 aliphatic carbocycles. The van der Waals surface area contributed by atoms with Crippen molar-refractivity contribution in [2.75, 3.05) is 0 Å². The number of hydrogen-bond acceptors (Lipinski definition) is 3. The van der Waals surface area contributed by atoms with Crippen molar-refractivity contribution in [3.63, 3.8) is 0 Å². The van der Waals surface area contributed by atoms with Crippen molar-refractivity contribution in [3.8, 4) is 0 Å². The number of alkyl halides is 3. The quantitative estimate of drug-likeness (QED) is 0.627. The van der Waals surface area contributed by atoms with Gasteiger partial charge in [-0.2, -0.15) is 21.6 Å². The lowest BCUT2D eigenvalue weighted by Crippen LogP contribution is -2.21. The molecule has 0 bridgehead atoms. The molecular weight excluding hydrogens is 249 g/mol. The van der Waals surface area contributed by atoms with E-state index in [1.165, 1.54) is 0 Å². The Hall–Kier alpha value is -1.09. The number of aromatic amines is 1. The Labute approximate surface area is 90.5 Å². The van der Waals surface area contributed by atoms with Gasteiger partial charge in [0.15, 0.2) is 0 Å². The standard InChI is InChI=1S/C6H10N2.CHF3O3S/c1-2-3-6-7-4-5-8-6;2-1(3,4)8(5,6)7/h4-5H,2-3H2,1H3,(H,7,8);(H,5,6,7). The fourth-order valence-corrected chi connectivity index (χ4v) is 0.671. The van der Waals surface area contributed by atoms with E-state index in [9.17, 15) is 13.2 Å². The van der Waals surface area contributed by atoms with E-state index in [1.807, 2.05) is 6.20 Å². The Balaban J connectivity index is 0.000000281. The fraction of sp³-hybridized carbons (Fsp3) is 0.571. The van der Waals surface area contributed by atoms with E-state index in [4.69, 9.17) is 13.0 Å². The zero-order chi connectivity index (χ0) is 12.8. The van der Waals surface area contributed by atoms with E-state index in [0.29, 0.717) is 0 Å². The molecule has 0 amide bonds. The molecule has 0 spiro atoms. The van der Waals surface area contributed by atoms with Crippen molar-refractivity contribution in [2.24, 2.45) is 0 Å². The zero-order valence-electron chi connectivity index (χ0n) is 8.32. The van der Waals surface area contributed by atoms with Crippen molar-refractivity contribution in [2.45, 2.75) is 25.3 Å². The molecule has 2 N–H and O–H groups in total. The normalized spacial score (nSPS) is 11.8. The smallest absolute Gasteiger partial charge is 0.349 e. The lowest BCUT2D eigenvalue weighted by molar-refractivity contribution is -0.0510. The van der Waals surface area contributed by atoms with E-state index in [-0.39, 0.29) is 0 Å². The van der Waals surface area contributed by atoms with E-state index < -0.39 is 15.6 Å². The topological polar surface area (TPSA) is 83.0 Å². The fourth-order valence-electron chi connectivity index (χ4n) is 0.671. The molecule has 1 aromatic rings. The number of halogens is 3. The van der Waals surface area contributed by atoms with E-state index in [0.717, 1.165) is 18.7 Å². The van der Waals surface area contributed by atoms with Crippen LogP contribution in [0.1, 0.15) is 19.2 Å². The van der Waals surface area contributed by atoms with Crippen molar-refractivity contribution in [1.29, 1.82) is 0 Å². The van der Waals surface area contributed by atoms with Crippen LogP contribution >= 0.6 is 0 Å². The zero-order valence-corrected chi connectivity index (χ0v) is 9.14. The average molecular weight is 260 g/mol. The van der Waals surface area contributed by atoms with Gasteiger partial charge in [-0.05, 0) is 6.42 Å². The van der Waals surface area contributed by atoms with E-state index in [1.54, 1.807) is 6.20 Å². The van der Waals surface area contributed by atoms with Crippen LogP contribution in [0.2, 0.25) is 0 Å². The first-order valence-electron chi connectivity index (χ1n) is 4.20. The molecule has 5 nitrogen and oxygen atoms in total. The second kappa shape index (κ2) is 5.85. The molecule has 0 radical (unpaired) electrons. The summed E-state index contributed by atoms with van der Waals surface area (Å²) in [5, 5.41) is 0. The van der Waals surface area contributed by atoms with Crippen LogP contribution in [-0.4, -0.2) is 28.4 Å². The van der Waals surface area contributed by atoms with Gasteiger partial charge in [0.1, 0.15) is 5.82 Å². The molecule has 0 saturated carbocycles. The molecule has 0 aliphatic rings. The molecule has 9 heteroatoms. The number of aryl methyl sites for hydroxylation is 1. The Bertz CT molecular complexity index is 386. The molecule has 0 saturated heterocycles. The van der Waals surface area contributed by atoms with Crippen LogP contribution in [-0.2, 0) is 16.5 Å². The van der Waals surface area contributed by atoms with Crippen molar-refractivity contribution < 1.29 is 26.1 Å². The van der Waals surface area contributed by atoms with Crippen molar-refractivity contribution in [1.82, 2.24) is 9.97 Å². The van der Waals surface area contributed by atoms with Crippen LogP contribution in [0.25, 0.3) is 0 Å². The highest BCUT2D eigenvalue weighted by atomic mass is 32.2. The number of imidazole rings is 1. The molecule has 0 atom stereocenters. The maximum Gasteiger partial charge on any atom is 0.522 e. The highest BCUT2D eigenvalue weighted by Gasteiger charge is 2.44. The maximum atomic E-state index is 10.7. The third-order valence-corrected chi connectivity index (χ3v) is 1.92. The molecule has 1 heterocycles. The van der Waals surface area contributed by atoms with Gasteiger partial charge in [-0.1, -0.05) is 6.92 Å². The Morgan fingerprint density at radius 1 is 1.50 bits per heavy atom. The SMILES string of the molecule is CCCc1ncc[nH]1.O=S(=O)(O)C(F)(F)F. The predicted octanol–water partition coefficient (Wildman–Crippen LogP) is 1.76. The number of nitrogens with zero attached hydrogens (tertiary/aromatic N) is 1. The lowest BCUT2D eigenvalue weighted by atomic mass is 10.3. The Morgan fingerprint density at radius 3 is 2.25 bits per heavy atom. The van der Waals surface area contributed by atoms with Gasteiger partial charge < -0.3 is 4.98 Å². The van der Waals surface area contributed by atoms with Gasteiger partial charge in [0.25, 0.3) is 0 Å². The van der Waals surface area contributed by atoms with E-state index >= 15 is 0 Å². The predicted molar refractivity (Wildman–Crippen MR) is 50.2 cm³/mol. The highest BCUT2D eigenvalue weighted by Crippen LogP contribution is 2.20. The monoisotopic (exact) mass is 260 g/mol. The Kier molecular flexibility index (Phi) is 5.45. The maximum absolute atomic E-state index is 10.7. The summed E-state index contributed by atoms with van der Waals surface area (Å²) in [6.45, 7) is 2.14. The first-order chi connectivity index (χ1) is 7.18. The van der Waals surface area contributed by atoms with Gasteiger partial charge in [0.05, 0.1) is 0 Å². The van der Waals surface area contributed by atoms with Gasteiger partial charge in [-0.15, -0.1) is 0 Å². The second-order valence-corrected chi connectivity index (χ2v) is 4.12. The third-order valence-electron chi connectivity index (χ3n) is 1.33. The summed E-state index contributed by atoms with van der Waals surface area (Å²) in [5.41, 5.74) is -5.53. The lowest BCUT2D eigenvalue weighted by Gasteiger charge is -1.97. The number of nitrogens with one attached hydrogen (secondary N) is 1. The first kappa shape index (κ1) is 14.9. The number of aromatic nitrogens is 2. The van der Waals surface area contributed by atoms with E-state index in [2.05, 4.69) is 16.9 Å². The van der Waals surface area contributed by atoms with Crippen molar-refractivity contribution in [3.05, 3.63) is 18.2 Å². The summed E-state index contributed by atoms with van der Waals surface area (Å²) < 4.78 is 57.5. The van der Waals surface area contributed by atoms with Gasteiger partial charge in [-0.3, -0.25) is 4.55 Å². The minimum absolute atomic E-state index is 1.06. The summed E-state index contributed by atoms with van der Waals surface area (Å²) in [6.07, 6.45) is 5.86. The minimum atomic E-state index is -5.84. The summed E-state index contributed by atoms with van der Waals surface area (Å²) in [5.74, 6) is 1.09. The molecule has 1 aromatic heterocycles. The number of H-pyrrole nitrogens is 1. The summed E-state index contributed by atoms with van der Waals surface area (Å²) in [7, 11) is -5.84. The third kappa shape index (κ3) is 5.71. The molecule has 0 aromatic carbocycles. The Morgan fingerprint density at radius 2 is 2.00 bits per heavy atom. The average Bonchev–Trinajstić information content (AvgIpc) is 2.54. The van der Waals surface area contributed by atoms with Gasteiger partial charge in [0.2, 0.25) is 0 Å². The van der Waals surface area contributed by atoms with Gasteiger partial charge in [-0.25, -0.2) is 4.98 Å². The second-order valence-electron chi connectivity index (χ2n) is 2.71. The van der Waals surface area contributed by atoms with Crippen LogP contribution in [0.4, 0.5) is 13.2 Å². The van der Waals surface area contributed by atoms with Crippen LogP contribution in [0, 0.1) is 0 Å². The first-order valence-corrected chi connectivity index (χ1v) is 5.64. The van der Waals surface area contributed by atoms with Crippen molar-refractivity contribution >= 4 is 10.1 Å². The number of rotatable bonds is 2. The van der Waals surface area contributed by atoms with Crippen LogP contribution < -0.4 is 0 Å². The largest absolute Gasteiger partial charge is 0.522 e. The highest BCUT2D eigenvalue weighted by molar-refractivity contribution is 7.86. The molecule has 0 aliphatic heterocycles. The molecule has 0 unspecified atom stereocenters. The summed E-state index contributed by atoms with van der Waals surface area (Å²) in [6, 6.07) is 0.